The first kappa shape index (κ1) is 9.28. The molecule has 12 heavy (non-hydrogen) atoms. The van der Waals surface area contributed by atoms with E-state index in [0.717, 1.165) is 13.0 Å². The molecule has 5 nitrogen and oxygen atoms in total. The van der Waals surface area contributed by atoms with E-state index in [4.69, 9.17) is 5.11 Å². The number of aliphatic hydroxyl groups is 1. The van der Waals surface area contributed by atoms with Crippen molar-refractivity contribution in [2.24, 2.45) is 5.92 Å². The highest BCUT2D eigenvalue weighted by atomic mass is 16.4. The molecule has 0 unspecified atom stereocenters. The summed E-state index contributed by atoms with van der Waals surface area (Å²) in [6, 6.07) is 0. The van der Waals surface area contributed by atoms with Gasteiger partial charge in [-0.05, 0) is 13.0 Å². The predicted octanol–water partition coefficient (Wildman–Crippen LogP) is -0.776. The number of piperidine rings is 1. The van der Waals surface area contributed by atoms with Crippen LogP contribution in [-0.4, -0.2) is 42.0 Å². The molecule has 0 aliphatic carbocycles. The van der Waals surface area contributed by atoms with Crippen LogP contribution in [0, 0.1) is 5.92 Å². The van der Waals surface area contributed by atoms with Crippen molar-refractivity contribution in [2.75, 3.05) is 19.6 Å². The van der Waals surface area contributed by atoms with Gasteiger partial charge in [0.2, 0.25) is 0 Å². The Bertz CT molecular complexity index is 163. The largest absolute Gasteiger partial charge is 0.465 e. The second kappa shape index (κ2) is 4.27. The van der Waals surface area contributed by atoms with Crippen molar-refractivity contribution in [1.82, 2.24) is 10.6 Å². The van der Waals surface area contributed by atoms with Gasteiger partial charge in [0.15, 0.2) is 0 Å². The lowest BCUT2D eigenvalue weighted by molar-refractivity contribution is 0.0811. The Kier molecular flexibility index (Phi) is 3.31. The van der Waals surface area contributed by atoms with E-state index in [1.807, 2.05) is 0 Å². The van der Waals surface area contributed by atoms with Crippen molar-refractivity contribution < 1.29 is 15.0 Å². The van der Waals surface area contributed by atoms with Gasteiger partial charge in [0.1, 0.15) is 0 Å². The van der Waals surface area contributed by atoms with Gasteiger partial charge in [-0.15, -0.1) is 0 Å². The molecule has 1 aliphatic rings. The fraction of sp³-hybridized carbons (Fsp3) is 0.857. The summed E-state index contributed by atoms with van der Waals surface area (Å²) in [6.07, 6.45) is -0.632. The zero-order chi connectivity index (χ0) is 8.97. The molecular weight excluding hydrogens is 160 g/mol. The van der Waals surface area contributed by atoms with Gasteiger partial charge in [-0.3, -0.25) is 0 Å². The Labute approximate surface area is 70.8 Å². The highest BCUT2D eigenvalue weighted by molar-refractivity contribution is 5.64. The third-order valence-electron chi connectivity index (χ3n) is 2.11. The molecule has 0 aromatic rings. The first-order valence-corrected chi connectivity index (χ1v) is 4.05. The summed E-state index contributed by atoms with van der Waals surface area (Å²) in [5.41, 5.74) is 0. The topological polar surface area (TPSA) is 81.6 Å². The van der Waals surface area contributed by atoms with Gasteiger partial charge in [-0.1, -0.05) is 0 Å². The molecule has 1 amide bonds. The van der Waals surface area contributed by atoms with Gasteiger partial charge in [0, 0.05) is 19.0 Å². The highest BCUT2D eigenvalue weighted by Gasteiger charge is 2.22. The van der Waals surface area contributed by atoms with Gasteiger partial charge >= 0.3 is 6.09 Å². The number of aliphatic hydroxyl groups excluding tert-OH is 1. The average molecular weight is 174 g/mol. The van der Waals surface area contributed by atoms with E-state index >= 15 is 0 Å². The number of hydrogen-bond acceptors (Lipinski definition) is 3. The smallest absolute Gasteiger partial charge is 0.404 e. The summed E-state index contributed by atoms with van der Waals surface area (Å²) < 4.78 is 0. The van der Waals surface area contributed by atoms with Crippen LogP contribution in [0.3, 0.4) is 0 Å². The van der Waals surface area contributed by atoms with Crippen molar-refractivity contribution in [3.63, 3.8) is 0 Å². The number of amides is 1. The Balaban J connectivity index is 2.24. The molecule has 0 spiro atoms. The zero-order valence-corrected chi connectivity index (χ0v) is 6.79. The molecule has 4 N–H and O–H groups in total. The van der Waals surface area contributed by atoms with Crippen molar-refractivity contribution >= 4 is 6.09 Å². The SMILES string of the molecule is O=C(O)NC[C@@H]1CCNC[C@H]1O. The van der Waals surface area contributed by atoms with Gasteiger partial charge < -0.3 is 20.8 Å². The molecule has 1 saturated heterocycles. The second-order valence-corrected chi connectivity index (χ2v) is 3.01. The van der Waals surface area contributed by atoms with Crippen molar-refractivity contribution in [2.45, 2.75) is 12.5 Å². The van der Waals surface area contributed by atoms with Crippen LogP contribution in [-0.2, 0) is 0 Å². The summed E-state index contributed by atoms with van der Waals surface area (Å²) in [4.78, 5) is 10.1. The number of rotatable bonds is 2. The first-order chi connectivity index (χ1) is 5.70. The molecule has 0 aromatic heterocycles. The molecule has 2 atom stereocenters. The first-order valence-electron chi connectivity index (χ1n) is 4.05. The normalized spacial score (nSPS) is 29.8. The predicted molar refractivity (Wildman–Crippen MR) is 43.0 cm³/mol. The molecule has 0 aromatic carbocycles. The van der Waals surface area contributed by atoms with Crippen LogP contribution in [0.5, 0.6) is 0 Å². The van der Waals surface area contributed by atoms with Crippen molar-refractivity contribution in [1.29, 1.82) is 0 Å². The summed E-state index contributed by atoms with van der Waals surface area (Å²) in [5, 5.41) is 23.0. The minimum atomic E-state index is -1.03. The lowest BCUT2D eigenvalue weighted by Gasteiger charge is -2.27. The van der Waals surface area contributed by atoms with Gasteiger partial charge in [-0.25, -0.2) is 4.79 Å². The molecule has 0 saturated carbocycles. The Morgan fingerprint density at radius 1 is 1.67 bits per heavy atom. The van der Waals surface area contributed by atoms with E-state index in [1.165, 1.54) is 0 Å². The number of hydrogen-bond donors (Lipinski definition) is 4. The van der Waals surface area contributed by atoms with E-state index in [1.54, 1.807) is 0 Å². The van der Waals surface area contributed by atoms with Crippen LogP contribution < -0.4 is 10.6 Å². The van der Waals surface area contributed by atoms with Crippen LogP contribution in [0.1, 0.15) is 6.42 Å². The number of nitrogens with one attached hydrogen (secondary N) is 2. The maximum absolute atomic E-state index is 10.1. The minimum Gasteiger partial charge on any atom is -0.465 e. The average Bonchev–Trinajstić information content (AvgIpc) is 2.03. The van der Waals surface area contributed by atoms with Crippen LogP contribution in [0.4, 0.5) is 4.79 Å². The third kappa shape index (κ3) is 2.67. The summed E-state index contributed by atoms with van der Waals surface area (Å²) >= 11 is 0. The number of carbonyl (C=O) groups is 1. The summed E-state index contributed by atoms with van der Waals surface area (Å²) in [6.45, 7) is 1.76. The maximum Gasteiger partial charge on any atom is 0.404 e. The second-order valence-electron chi connectivity index (χ2n) is 3.01. The van der Waals surface area contributed by atoms with Crippen molar-refractivity contribution in [3.8, 4) is 0 Å². The standard InChI is InChI=1S/C7H14N2O3/c10-6-4-8-2-1-5(6)3-9-7(11)12/h5-6,8-10H,1-4H2,(H,11,12)/t5-,6+/m0/s1. The van der Waals surface area contributed by atoms with E-state index in [2.05, 4.69) is 10.6 Å². The molecule has 0 bridgehead atoms. The van der Waals surface area contributed by atoms with E-state index in [9.17, 15) is 9.90 Å². The Morgan fingerprint density at radius 3 is 3.00 bits per heavy atom. The molecular formula is C7H14N2O3. The minimum absolute atomic E-state index is 0.0577. The molecule has 1 aliphatic heterocycles. The van der Waals surface area contributed by atoms with Crippen LogP contribution >= 0.6 is 0 Å². The summed E-state index contributed by atoms with van der Waals surface area (Å²) in [5.74, 6) is 0.0577. The van der Waals surface area contributed by atoms with Crippen LogP contribution in [0.2, 0.25) is 0 Å². The molecule has 1 rings (SSSR count). The molecule has 0 radical (unpaired) electrons. The Hall–Kier alpha value is -0.810. The van der Waals surface area contributed by atoms with Gasteiger partial charge in [-0.2, -0.15) is 0 Å². The Morgan fingerprint density at radius 2 is 2.42 bits per heavy atom. The number of β-amino-alcohol motifs (C(OH)–C–C–N with tert-alkyl or cyclic N) is 1. The third-order valence-corrected chi connectivity index (χ3v) is 2.11. The number of carboxylic acid groups (broad SMARTS) is 1. The molecule has 5 heteroatoms. The van der Waals surface area contributed by atoms with E-state index in [0.29, 0.717) is 13.1 Å². The zero-order valence-electron chi connectivity index (χ0n) is 6.79. The highest BCUT2D eigenvalue weighted by Crippen LogP contribution is 2.10. The fourth-order valence-corrected chi connectivity index (χ4v) is 1.35. The fourth-order valence-electron chi connectivity index (χ4n) is 1.35. The maximum atomic E-state index is 10.1. The van der Waals surface area contributed by atoms with Crippen molar-refractivity contribution in [3.05, 3.63) is 0 Å². The van der Waals surface area contributed by atoms with E-state index < -0.39 is 12.2 Å². The quantitative estimate of drug-likeness (QED) is 0.443. The van der Waals surface area contributed by atoms with E-state index in [-0.39, 0.29) is 5.92 Å². The lowest BCUT2D eigenvalue weighted by Crippen LogP contribution is -2.45. The summed E-state index contributed by atoms with van der Waals surface area (Å²) in [7, 11) is 0. The van der Waals surface area contributed by atoms with Crippen LogP contribution in [0.25, 0.3) is 0 Å². The van der Waals surface area contributed by atoms with Gasteiger partial charge in [0.25, 0.3) is 0 Å². The molecule has 70 valence electrons. The molecule has 1 heterocycles. The van der Waals surface area contributed by atoms with Crippen LogP contribution in [0.15, 0.2) is 0 Å². The molecule has 1 fully saturated rings. The lowest BCUT2D eigenvalue weighted by atomic mass is 9.95. The van der Waals surface area contributed by atoms with Gasteiger partial charge in [0.05, 0.1) is 6.10 Å². The monoisotopic (exact) mass is 174 g/mol.